The maximum absolute atomic E-state index is 13.8. The molecular weight excluding hydrogens is 346 g/mol. The molecule has 1 aliphatic rings. The molecule has 0 radical (unpaired) electrons. The molecule has 140 valence electrons. The van der Waals surface area contributed by atoms with Gasteiger partial charge in [-0.25, -0.2) is 13.6 Å². The van der Waals surface area contributed by atoms with E-state index in [0.29, 0.717) is 38.0 Å². The highest BCUT2D eigenvalue weighted by molar-refractivity contribution is 5.74. The Morgan fingerprint density at radius 1 is 1.27 bits per heavy atom. The van der Waals surface area contributed by atoms with Crippen LogP contribution in [0.4, 0.5) is 25.2 Å². The van der Waals surface area contributed by atoms with Crippen LogP contribution in [0.15, 0.2) is 22.7 Å². The van der Waals surface area contributed by atoms with Crippen molar-refractivity contribution in [3.05, 3.63) is 35.7 Å². The Morgan fingerprint density at radius 3 is 2.65 bits per heavy atom. The van der Waals surface area contributed by atoms with Crippen LogP contribution in [0.3, 0.4) is 0 Å². The van der Waals surface area contributed by atoms with Crippen molar-refractivity contribution in [3.63, 3.8) is 0 Å². The van der Waals surface area contributed by atoms with E-state index in [9.17, 15) is 13.6 Å². The summed E-state index contributed by atoms with van der Waals surface area (Å²) in [5.41, 5.74) is 0.215. The highest BCUT2D eigenvalue weighted by Gasteiger charge is 2.23. The number of hydrogen-bond donors (Lipinski definition) is 1. The first-order valence-electron chi connectivity index (χ1n) is 8.16. The number of carbonyl (C=O) groups is 1. The minimum Gasteiger partial charge on any atom is -0.366 e. The van der Waals surface area contributed by atoms with Crippen molar-refractivity contribution < 1.29 is 18.1 Å². The Bertz CT molecular complexity index is 774. The summed E-state index contributed by atoms with van der Waals surface area (Å²) in [6.07, 6.45) is 0. The van der Waals surface area contributed by atoms with Gasteiger partial charge in [-0.1, -0.05) is 0 Å². The second kappa shape index (κ2) is 7.54. The molecule has 2 amide bonds. The van der Waals surface area contributed by atoms with Gasteiger partial charge in [0.2, 0.25) is 5.89 Å². The Balaban J connectivity index is 1.51. The monoisotopic (exact) mass is 366 g/mol. The van der Waals surface area contributed by atoms with Crippen molar-refractivity contribution in [1.29, 1.82) is 0 Å². The summed E-state index contributed by atoms with van der Waals surface area (Å²) >= 11 is 0. The Morgan fingerprint density at radius 2 is 2.00 bits per heavy atom. The van der Waals surface area contributed by atoms with Gasteiger partial charge >= 0.3 is 6.03 Å². The summed E-state index contributed by atoms with van der Waals surface area (Å²) in [6.45, 7) is 1.75. The molecule has 1 aromatic carbocycles. The fourth-order valence-corrected chi connectivity index (χ4v) is 2.64. The molecule has 1 fully saturated rings. The van der Waals surface area contributed by atoms with Crippen LogP contribution >= 0.6 is 0 Å². The zero-order valence-electron chi connectivity index (χ0n) is 14.6. The van der Waals surface area contributed by atoms with Crippen LogP contribution in [0.5, 0.6) is 0 Å². The van der Waals surface area contributed by atoms with Crippen LogP contribution < -0.4 is 15.1 Å². The second-order valence-corrected chi connectivity index (χ2v) is 6.11. The van der Waals surface area contributed by atoms with Crippen LogP contribution in [-0.2, 0) is 6.54 Å². The van der Waals surface area contributed by atoms with E-state index in [2.05, 4.69) is 15.5 Å². The molecule has 2 aromatic rings. The predicted molar refractivity (Wildman–Crippen MR) is 91.0 cm³/mol. The number of rotatable bonds is 4. The van der Waals surface area contributed by atoms with E-state index in [-0.39, 0.29) is 18.3 Å². The molecule has 2 heterocycles. The molecule has 8 nitrogen and oxygen atoms in total. The number of amides is 2. The van der Waals surface area contributed by atoms with E-state index in [1.165, 1.54) is 6.07 Å². The Labute approximate surface area is 149 Å². The SMILES string of the molecule is CN(C)c1noc(CNC(=O)N2CCN(c3cc(F)ccc3F)CC2)n1. The van der Waals surface area contributed by atoms with Crippen molar-refractivity contribution >= 4 is 17.7 Å². The molecule has 0 atom stereocenters. The summed E-state index contributed by atoms with van der Waals surface area (Å²) in [4.78, 5) is 21.4. The van der Waals surface area contributed by atoms with Gasteiger partial charge in [0.25, 0.3) is 5.95 Å². The molecule has 0 spiro atoms. The lowest BCUT2D eigenvalue weighted by molar-refractivity contribution is 0.192. The van der Waals surface area contributed by atoms with Crippen molar-refractivity contribution in [2.45, 2.75) is 6.54 Å². The van der Waals surface area contributed by atoms with Gasteiger partial charge in [-0.3, -0.25) is 0 Å². The zero-order chi connectivity index (χ0) is 18.7. The van der Waals surface area contributed by atoms with Gasteiger partial charge in [-0.2, -0.15) is 4.98 Å². The van der Waals surface area contributed by atoms with Crippen molar-refractivity contribution in [2.75, 3.05) is 50.1 Å². The minimum absolute atomic E-state index is 0.123. The number of anilines is 2. The summed E-state index contributed by atoms with van der Waals surface area (Å²) in [5, 5.41) is 6.48. The number of nitrogens with one attached hydrogen (secondary N) is 1. The molecule has 0 aliphatic carbocycles. The van der Waals surface area contributed by atoms with Gasteiger partial charge in [0, 0.05) is 46.3 Å². The van der Waals surface area contributed by atoms with Gasteiger partial charge in [-0.15, -0.1) is 0 Å². The molecule has 1 aliphatic heterocycles. The number of benzene rings is 1. The summed E-state index contributed by atoms with van der Waals surface area (Å²) in [5.74, 6) is -0.224. The van der Waals surface area contributed by atoms with E-state index in [0.717, 1.165) is 12.1 Å². The Kier molecular flexibility index (Phi) is 5.19. The standard InChI is InChI=1S/C16H20F2N6O2/c1-22(2)15-20-14(26-21-15)10-19-16(25)24-7-5-23(6-8-24)13-9-11(17)3-4-12(13)18/h3-4,9H,5-8,10H2,1-2H3,(H,19,25). The first-order valence-corrected chi connectivity index (χ1v) is 8.16. The lowest BCUT2D eigenvalue weighted by Gasteiger charge is -2.36. The first-order chi connectivity index (χ1) is 12.4. The number of piperazine rings is 1. The fourth-order valence-electron chi connectivity index (χ4n) is 2.64. The van der Waals surface area contributed by atoms with Crippen molar-refractivity contribution in [3.8, 4) is 0 Å². The minimum atomic E-state index is -0.488. The van der Waals surface area contributed by atoms with Crippen LogP contribution in [-0.4, -0.2) is 61.3 Å². The number of carbonyl (C=O) groups excluding carboxylic acids is 1. The van der Waals surface area contributed by atoms with Crippen molar-refractivity contribution in [2.24, 2.45) is 0 Å². The van der Waals surface area contributed by atoms with E-state index in [1.54, 1.807) is 28.8 Å². The lowest BCUT2D eigenvalue weighted by atomic mass is 10.2. The number of nitrogens with zero attached hydrogens (tertiary/aromatic N) is 5. The topological polar surface area (TPSA) is 77.7 Å². The lowest BCUT2D eigenvalue weighted by Crippen LogP contribution is -2.52. The van der Waals surface area contributed by atoms with Gasteiger partial charge < -0.3 is 24.5 Å². The van der Waals surface area contributed by atoms with Gasteiger partial charge in [0.05, 0.1) is 12.2 Å². The van der Waals surface area contributed by atoms with Crippen molar-refractivity contribution in [1.82, 2.24) is 20.4 Å². The summed E-state index contributed by atoms with van der Waals surface area (Å²) in [7, 11) is 3.57. The normalized spacial score (nSPS) is 14.5. The second-order valence-electron chi connectivity index (χ2n) is 6.11. The molecule has 1 N–H and O–H groups in total. The molecular formula is C16H20F2N6O2. The molecule has 1 aromatic heterocycles. The van der Waals surface area contributed by atoms with Gasteiger partial charge in [0.1, 0.15) is 11.6 Å². The molecule has 3 rings (SSSR count). The van der Waals surface area contributed by atoms with Crippen LogP contribution in [0.25, 0.3) is 0 Å². The average molecular weight is 366 g/mol. The number of halogens is 2. The number of hydrogen-bond acceptors (Lipinski definition) is 6. The smallest absolute Gasteiger partial charge is 0.317 e. The zero-order valence-corrected chi connectivity index (χ0v) is 14.6. The largest absolute Gasteiger partial charge is 0.366 e. The van der Waals surface area contributed by atoms with Crippen LogP contribution in [0.2, 0.25) is 0 Å². The molecule has 0 unspecified atom stereocenters. The quantitative estimate of drug-likeness (QED) is 0.883. The fraction of sp³-hybridized carbons (Fsp3) is 0.438. The van der Waals surface area contributed by atoms with Gasteiger partial charge in [-0.05, 0) is 17.3 Å². The number of aromatic nitrogens is 2. The third kappa shape index (κ3) is 4.01. The molecule has 26 heavy (non-hydrogen) atoms. The first kappa shape index (κ1) is 17.9. The Hall–Kier alpha value is -2.91. The predicted octanol–water partition coefficient (Wildman–Crippen LogP) is 1.45. The third-order valence-corrected chi connectivity index (χ3v) is 4.06. The number of urea groups is 1. The third-order valence-electron chi connectivity index (χ3n) is 4.06. The van der Waals surface area contributed by atoms with Crippen LogP contribution in [0.1, 0.15) is 5.89 Å². The molecule has 1 saturated heterocycles. The summed E-state index contributed by atoms with van der Waals surface area (Å²) < 4.78 is 32.2. The van der Waals surface area contributed by atoms with Crippen LogP contribution in [0, 0.1) is 11.6 Å². The maximum atomic E-state index is 13.8. The molecule has 0 bridgehead atoms. The highest BCUT2D eigenvalue weighted by Crippen LogP contribution is 2.21. The summed E-state index contributed by atoms with van der Waals surface area (Å²) in [6, 6.07) is 3.09. The van der Waals surface area contributed by atoms with E-state index in [4.69, 9.17) is 4.52 Å². The molecule has 10 heteroatoms. The van der Waals surface area contributed by atoms with Gasteiger partial charge in [0.15, 0.2) is 0 Å². The average Bonchev–Trinajstić information content (AvgIpc) is 3.11. The maximum Gasteiger partial charge on any atom is 0.317 e. The van der Waals surface area contributed by atoms with E-state index >= 15 is 0 Å². The highest BCUT2D eigenvalue weighted by atomic mass is 19.1. The van der Waals surface area contributed by atoms with E-state index in [1.807, 2.05) is 0 Å². The molecule has 0 saturated carbocycles. The van der Waals surface area contributed by atoms with E-state index < -0.39 is 11.6 Å².